The van der Waals surface area contributed by atoms with E-state index in [1.165, 1.54) is 0 Å². The van der Waals surface area contributed by atoms with Crippen molar-refractivity contribution in [1.82, 2.24) is 0 Å². The second-order valence-corrected chi connectivity index (χ2v) is 6.14. The molecule has 0 aliphatic rings. The maximum absolute atomic E-state index is 11.9. The zero-order chi connectivity index (χ0) is 20.5. The lowest BCUT2D eigenvalue weighted by Crippen LogP contribution is -2.05. The summed E-state index contributed by atoms with van der Waals surface area (Å²) in [7, 11) is 0. The van der Waals surface area contributed by atoms with E-state index in [4.69, 9.17) is 5.11 Å². The largest absolute Gasteiger partial charge is 0.481 e. The van der Waals surface area contributed by atoms with Crippen LogP contribution in [0.25, 0.3) is 0 Å². The van der Waals surface area contributed by atoms with Crippen LogP contribution in [0.3, 0.4) is 0 Å². The molecule has 0 rings (SSSR count). The average molecular weight is 390 g/mol. The molecular weight excluding hydrogens is 361 g/mol. The molecule has 7 heteroatoms. The minimum Gasteiger partial charge on any atom is -0.481 e. The summed E-state index contributed by atoms with van der Waals surface area (Å²) in [5.41, 5.74) is 0. The van der Waals surface area contributed by atoms with E-state index in [0.29, 0.717) is 32.1 Å². The van der Waals surface area contributed by atoms with Crippen molar-refractivity contribution >= 4 is 5.97 Å². The van der Waals surface area contributed by atoms with E-state index in [2.05, 4.69) is 0 Å². The summed E-state index contributed by atoms with van der Waals surface area (Å²) >= 11 is 0. The summed E-state index contributed by atoms with van der Waals surface area (Å²) in [6, 6.07) is 0. The number of halogens is 3. The number of carbonyl (C=O) groups is 1. The molecular formula is C20H29F3O4. The van der Waals surface area contributed by atoms with Gasteiger partial charge in [-0.3, -0.25) is 4.79 Å². The number of rotatable bonds is 14. The first kappa shape index (κ1) is 25.1. The van der Waals surface area contributed by atoms with Gasteiger partial charge in [0.2, 0.25) is 0 Å². The van der Waals surface area contributed by atoms with Crippen molar-refractivity contribution < 1.29 is 33.3 Å². The Labute approximate surface area is 158 Å². The quantitative estimate of drug-likeness (QED) is 0.228. The predicted octanol–water partition coefficient (Wildman–Crippen LogP) is 4.70. The normalized spacial score (nSPS) is 15.4. The fraction of sp³-hybridized carbons (Fsp3) is 0.550. The van der Waals surface area contributed by atoms with Gasteiger partial charge in [0, 0.05) is 12.8 Å². The van der Waals surface area contributed by atoms with Gasteiger partial charge in [0.05, 0.1) is 12.2 Å². The first-order valence-corrected chi connectivity index (χ1v) is 9.02. The van der Waals surface area contributed by atoms with Crippen LogP contribution in [0, 0.1) is 0 Å². The highest BCUT2D eigenvalue weighted by Crippen LogP contribution is 2.22. The van der Waals surface area contributed by atoms with Crippen molar-refractivity contribution in [3.8, 4) is 0 Å². The number of aliphatic carboxylic acids is 1. The number of hydrogen-bond donors (Lipinski definition) is 3. The lowest BCUT2D eigenvalue weighted by Gasteiger charge is -2.04. The number of aliphatic hydroxyl groups excluding tert-OH is 2. The van der Waals surface area contributed by atoms with Crippen LogP contribution in [-0.2, 0) is 4.79 Å². The third-order valence-electron chi connectivity index (χ3n) is 3.52. The van der Waals surface area contributed by atoms with E-state index < -0.39 is 30.8 Å². The van der Waals surface area contributed by atoms with Gasteiger partial charge >= 0.3 is 12.1 Å². The molecule has 0 spiro atoms. The Morgan fingerprint density at radius 3 is 2.11 bits per heavy atom. The van der Waals surface area contributed by atoms with Crippen molar-refractivity contribution in [3.05, 3.63) is 48.6 Å². The van der Waals surface area contributed by atoms with Crippen LogP contribution in [0.2, 0.25) is 0 Å². The Morgan fingerprint density at radius 1 is 0.889 bits per heavy atom. The number of aliphatic hydroxyl groups is 2. The molecule has 0 heterocycles. The molecule has 0 radical (unpaired) electrons. The van der Waals surface area contributed by atoms with Gasteiger partial charge in [-0.05, 0) is 38.5 Å². The van der Waals surface area contributed by atoms with Crippen molar-refractivity contribution in [1.29, 1.82) is 0 Å². The summed E-state index contributed by atoms with van der Waals surface area (Å²) in [6.07, 6.45) is 9.48. The van der Waals surface area contributed by atoms with E-state index in [0.717, 1.165) is 0 Å². The number of allylic oxidation sites excluding steroid dienone is 5. The Hall–Kier alpha value is -1.86. The molecule has 0 aromatic rings. The van der Waals surface area contributed by atoms with Gasteiger partial charge in [-0.15, -0.1) is 0 Å². The summed E-state index contributed by atoms with van der Waals surface area (Å²) in [4.78, 5) is 10.3. The van der Waals surface area contributed by atoms with E-state index >= 15 is 0 Å². The molecule has 2 atom stereocenters. The van der Waals surface area contributed by atoms with E-state index in [1.54, 1.807) is 48.6 Å². The SMILES string of the molecule is O=C(O)CCC[C@H](O)/C=C/C=C/C=C\[C@H](O)C/C=C\CCCCC(F)(F)F. The standard InChI is InChI=1S/C20H29F3O4/c21-20(22,23)16-9-5-1-2-6-11-17(24)12-7-3-4-8-13-18(25)14-10-15-19(26)27/h2-4,6-8,12-13,17-18,24-25H,1,5,9-11,14-16H2,(H,26,27)/b4-3+,6-2-,12-7-,13-8+/t17-,18-/m1/s1. The third kappa shape index (κ3) is 20.3. The van der Waals surface area contributed by atoms with Crippen LogP contribution >= 0.6 is 0 Å². The topological polar surface area (TPSA) is 77.8 Å². The lowest BCUT2D eigenvalue weighted by atomic mass is 10.1. The molecule has 0 aromatic carbocycles. The van der Waals surface area contributed by atoms with Crippen LogP contribution in [0.4, 0.5) is 13.2 Å². The Kier molecular flexibility index (Phi) is 14.2. The summed E-state index contributed by atoms with van der Waals surface area (Å²) < 4.78 is 35.8. The van der Waals surface area contributed by atoms with Crippen molar-refractivity contribution in [2.24, 2.45) is 0 Å². The maximum atomic E-state index is 11.9. The van der Waals surface area contributed by atoms with E-state index in [-0.39, 0.29) is 12.8 Å². The minimum atomic E-state index is -4.09. The number of unbranched alkanes of at least 4 members (excludes halogenated alkanes) is 2. The molecule has 0 saturated carbocycles. The number of carboxylic acids is 1. The van der Waals surface area contributed by atoms with E-state index in [9.17, 15) is 28.2 Å². The molecule has 3 N–H and O–H groups in total. The number of hydrogen-bond acceptors (Lipinski definition) is 3. The minimum absolute atomic E-state index is 0.0311. The van der Waals surface area contributed by atoms with E-state index in [1.807, 2.05) is 0 Å². The zero-order valence-electron chi connectivity index (χ0n) is 15.3. The van der Waals surface area contributed by atoms with Gasteiger partial charge in [0.1, 0.15) is 0 Å². The highest BCUT2D eigenvalue weighted by Gasteiger charge is 2.25. The number of alkyl halides is 3. The van der Waals surface area contributed by atoms with Gasteiger partial charge in [0.15, 0.2) is 0 Å². The van der Waals surface area contributed by atoms with Crippen molar-refractivity contribution in [2.75, 3.05) is 0 Å². The number of carboxylic acid groups (broad SMARTS) is 1. The van der Waals surface area contributed by atoms with Crippen molar-refractivity contribution in [3.63, 3.8) is 0 Å². The molecule has 154 valence electrons. The first-order chi connectivity index (χ1) is 12.7. The molecule has 0 bridgehead atoms. The fourth-order valence-electron chi connectivity index (χ4n) is 2.09. The van der Waals surface area contributed by atoms with Crippen LogP contribution < -0.4 is 0 Å². The molecule has 4 nitrogen and oxygen atoms in total. The molecule has 0 unspecified atom stereocenters. The first-order valence-electron chi connectivity index (χ1n) is 9.02. The van der Waals surface area contributed by atoms with Gasteiger partial charge in [-0.2, -0.15) is 13.2 Å². The summed E-state index contributed by atoms with van der Waals surface area (Å²) in [6.45, 7) is 0. The summed E-state index contributed by atoms with van der Waals surface area (Å²) in [5, 5.41) is 27.8. The zero-order valence-corrected chi connectivity index (χ0v) is 15.3. The molecule has 0 fully saturated rings. The second kappa shape index (κ2) is 15.2. The monoisotopic (exact) mass is 390 g/mol. The maximum Gasteiger partial charge on any atom is 0.389 e. The van der Waals surface area contributed by atoms with Gasteiger partial charge < -0.3 is 15.3 Å². The highest BCUT2D eigenvalue weighted by atomic mass is 19.4. The van der Waals surface area contributed by atoms with Gasteiger partial charge in [-0.1, -0.05) is 48.6 Å². The highest BCUT2D eigenvalue weighted by molar-refractivity contribution is 5.66. The predicted molar refractivity (Wildman–Crippen MR) is 99.2 cm³/mol. The fourth-order valence-corrected chi connectivity index (χ4v) is 2.09. The van der Waals surface area contributed by atoms with Crippen molar-refractivity contribution in [2.45, 2.75) is 69.8 Å². The molecule has 0 amide bonds. The molecule has 0 saturated heterocycles. The smallest absolute Gasteiger partial charge is 0.389 e. The molecule has 0 aliphatic carbocycles. The van der Waals surface area contributed by atoms with Crippen LogP contribution in [-0.4, -0.2) is 39.7 Å². The molecule has 27 heavy (non-hydrogen) atoms. The average Bonchev–Trinajstić information content (AvgIpc) is 2.55. The molecule has 0 aromatic heterocycles. The summed E-state index contributed by atoms with van der Waals surface area (Å²) in [5.74, 6) is -0.883. The molecule has 0 aliphatic heterocycles. The van der Waals surface area contributed by atoms with Gasteiger partial charge in [-0.25, -0.2) is 0 Å². The van der Waals surface area contributed by atoms with Crippen LogP contribution in [0.15, 0.2) is 48.6 Å². The lowest BCUT2D eigenvalue weighted by molar-refractivity contribution is -0.137. The van der Waals surface area contributed by atoms with Crippen LogP contribution in [0.1, 0.15) is 51.4 Å². The Morgan fingerprint density at radius 2 is 1.52 bits per heavy atom. The Bertz CT molecular complexity index is 508. The third-order valence-corrected chi connectivity index (χ3v) is 3.52. The second-order valence-electron chi connectivity index (χ2n) is 6.14. The van der Waals surface area contributed by atoms with Crippen LogP contribution in [0.5, 0.6) is 0 Å². The Balaban J connectivity index is 3.82. The van der Waals surface area contributed by atoms with Gasteiger partial charge in [0.25, 0.3) is 0 Å².